The summed E-state index contributed by atoms with van der Waals surface area (Å²) in [5.74, 6) is -0.307. The van der Waals surface area contributed by atoms with Crippen molar-refractivity contribution in [3.05, 3.63) is 76.2 Å². The Labute approximate surface area is 161 Å². The molecule has 1 saturated heterocycles. The van der Waals surface area contributed by atoms with Crippen LogP contribution in [-0.2, 0) is 0 Å². The molecular formula is C21H20N4O3. The van der Waals surface area contributed by atoms with E-state index in [0.717, 1.165) is 10.8 Å². The molecule has 7 nitrogen and oxygen atoms in total. The molecule has 4 rings (SSSR count). The Hall–Kier alpha value is -3.48. The van der Waals surface area contributed by atoms with E-state index in [1.807, 2.05) is 47.4 Å². The fraction of sp³-hybridized carbons (Fsp3) is 0.238. The Bertz CT molecular complexity index is 1060. The zero-order valence-corrected chi connectivity index (χ0v) is 15.2. The molecule has 0 saturated carbocycles. The van der Waals surface area contributed by atoms with E-state index in [0.29, 0.717) is 31.5 Å². The van der Waals surface area contributed by atoms with E-state index in [1.165, 1.54) is 12.1 Å². The third-order valence-electron chi connectivity index (χ3n) is 5.05. The quantitative estimate of drug-likeness (QED) is 0.730. The summed E-state index contributed by atoms with van der Waals surface area (Å²) in [4.78, 5) is 38.1. The van der Waals surface area contributed by atoms with E-state index in [9.17, 15) is 14.4 Å². The van der Waals surface area contributed by atoms with Crippen LogP contribution in [0.5, 0.6) is 0 Å². The molecule has 0 bridgehead atoms. The van der Waals surface area contributed by atoms with Gasteiger partial charge in [0.2, 0.25) is 0 Å². The monoisotopic (exact) mass is 376 g/mol. The van der Waals surface area contributed by atoms with Crippen molar-refractivity contribution >= 4 is 22.6 Å². The SMILES string of the molecule is O=C(NC1CCN(C(=O)c2cccc3ccccc23)CC1)c1ccc(=O)[nH]n1. The van der Waals surface area contributed by atoms with Crippen LogP contribution in [0, 0.1) is 0 Å². The number of hydrogen-bond acceptors (Lipinski definition) is 4. The van der Waals surface area contributed by atoms with Gasteiger partial charge in [-0.25, -0.2) is 5.10 Å². The molecule has 1 fully saturated rings. The van der Waals surface area contributed by atoms with Crippen LogP contribution >= 0.6 is 0 Å². The van der Waals surface area contributed by atoms with E-state index in [-0.39, 0.29) is 29.1 Å². The Morgan fingerprint density at radius 1 is 1.00 bits per heavy atom. The van der Waals surface area contributed by atoms with E-state index < -0.39 is 0 Å². The van der Waals surface area contributed by atoms with Crippen LogP contribution in [0.3, 0.4) is 0 Å². The number of likely N-dealkylation sites (tertiary alicyclic amines) is 1. The van der Waals surface area contributed by atoms with Crippen molar-refractivity contribution in [1.82, 2.24) is 20.4 Å². The minimum atomic E-state index is -0.350. The second kappa shape index (κ2) is 7.64. The first-order chi connectivity index (χ1) is 13.6. The standard InChI is InChI=1S/C21H20N4O3/c26-19-9-8-18(23-24-19)20(27)22-15-10-12-25(13-11-15)21(28)17-7-3-5-14-4-1-2-6-16(14)17/h1-9,15H,10-13H2,(H,22,27)(H,24,26). The van der Waals surface area contributed by atoms with Crippen molar-refractivity contribution < 1.29 is 9.59 Å². The number of piperidine rings is 1. The van der Waals surface area contributed by atoms with Gasteiger partial charge in [-0.05, 0) is 35.7 Å². The number of rotatable bonds is 3. The molecule has 2 aromatic carbocycles. The fourth-order valence-corrected chi connectivity index (χ4v) is 3.54. The maximum Gasteiger partial charge on any atom is 0.271 e. The van der Waals surface area contributed by atoms with Gasteiger partial charge in [0.1, 0.15) is 5.69 Å². The highest BCUT2D eigenvalue weighted by Gasteiger charge is 2.26. The Kier molecular flexibility index (Phi) is 4.89. The van der Waals surface area contributed by atoms with Crippen LogP contribution in [0.4, 0.5) is 0 Å². The van der Waals surface area contributed by atoms with Gasteiger partial charge in [-0.2, -0.15) is 5.10 Å². The summed E-state index contributed by atoms with van der Waals surface area (Å²) in [6.07, 6.45) is 1.34. The highest BCUT2D eigenvalue weighted by Crippen LogP contribution is 2.22. The summed E-state index contributed by atoms with van der Waals surface area (Å²) in [7, 11) is 0. The molecule has 3 aromatic rings. The number of carbonyl (C=O) groups is 2. The average molecular weight is 376 g/mol. The van der Waals surface area contributed by atoms with Crippen LogP contribution in [0.1, 0.15) is 33.7 Å². The summed E-state index contributed by atoms with van der Waals surface area (Å²) in [6.45, 7) is 1.15. The number of carbonyl (C=O) groups excluding carboxylic acids is 2. The smallest absolute Gasteiger partial charge is 0.271 e. The molecule has 142 valence electrons. The number of nitrogens with one attached hydrogen (secondary N) is 2. The second-order valence-electron chi connectivity index (χ2n) is 6.87. The summed E-state index contributed by atoms with van der Waals surface area (Å²) in [5.41, 5.74) is 0.531. The molecule has 1 aliphatic heterocycles. The van der Waals surface area contributed by atoms with Crippen LogP contribution < -0.4 is 10.9 Å². The number of hydrogen-bond donors (Lipinski definition) is 2. The van der Waals surface area contributed by atoms with Crippen LogP contribution in [0.15, 0.2) is 59.4 Å². The number of aromatic nitrogens is 2. The molecule has 1 aromatic heterocycles. The number of nitrogens with zero attached hydrogens (tertiary/aromatic N) is 2. The Balaban J connectivity index is 1.39. The van der Waals surface area contributed by atoms with Gasteiger partial charge in [-0.1, -0.05) is 36.4 Å². The van der Waals surface area contributed by atoms with E-state index >= 15 is 0 Å². The molecule has 1 aliphatic rings. The minimum Gasteiger partial charge on any atom is -0.348 e. The van der Waals surface area contributed by atoms with Gasteiger partial charge in [-0.3, -0.25) is 14.4 Å². The van der Waals surface area contributed by atoms with Gasteiger partial charge < -0.3 is 10.2 Å². The predicted molar refractivity (Wildman–Crippen MR) is 105 cm³/mol. The summed E-state index contributed by atoms with van der Waals surface area (Å²) in [6, 6.07) is 16.3. The Morgan fingerprint density at radius 2 is 1.75 bits per heavy atom. The lowest BCUT2D eigenvalue weighted by atomic mass is 10.0. The van der Waals surface area contributed by atoms with Crippen molar-refractivity contribution in [2.75, 3.05) is 13.1 Å². The van der Waals surface area contributed by atoms with Crippen LogP contribution in [-0.4, -0.2) is 46.0 Å². The lowest BCUT2D eigenvalue weighted by Gasteiger charge is -2.32. The average Bonchev–Trinajstić information content (AvgIpc) is 2.74. The van der Waals surface area contributed by atoms with E-state index in [2.05, 4.69) is 15.5 Å². The lowest BCUT2D eigenvalue weighted by Crippen LogP contribution is -2.46. The van der Waals surface area contributed by atoms with Crippen LogP contribution in [0.2, 0.25) is 0 Å². The highest BCUT2D eigenvalue weighted by molar-refractivity contribution is 6.07. The minimum absolute atomic E-state index is 0.0175. The zero-order valence-electron chi connectivity index (χ0n) is 15.2. The molecule has 0 atom stereocenters. The number of benzene rings is 2. The molecule has 0 radical (unpaired) electrons. The number of fused-ring (bicyclic) bond motifs is 1. The third kappa shape index (κ3) is 3.64. The second-order valence-corrected chi connectivity index (χ2v) is 6.87. The molecule has 2 amide bonds. The van der Waals surface area contributed by atoms with Gasteiger partial charge in [0.25, 0.3) is 17.4 Å². The molecule has 0 unspecified atom stereocenters. The van der Waals surface area contributed by atoms with Gasteiger partial charge >= 0.3 is 0 Å². The first-order valence-electron chi connectivity index (χ1n) is 9.25. The molecule has 2 heterocycles. The summed E-state index contributed by atoms with van der Waals surface area (Å²) < 4.78 is 0. The van der Waals surface area contributed by atoms with Crippen molar-refractivity contribution in [3.63, 3.8) is 0 Å². The number of H-pyrrole nitrogens is 1. The normalized spacial score (nSPS) is 14.8. The summed E-state index contributed by atoms with van der Waals surface area (Å²) >= 11 is 0. The number of amides is 2. The molecular weight excluding hydrogens is 356 g/mol. The largest absolute Gasteiger partial charge is 0.348 e. The van der Waals surface area contributed by atoms with Gasteiger partial charge in [-0.15, -0.1) is 0 Å². The van der Waals surface area contributed by atoms with Crippen LogP contribution in [0.25, 0.3) is 10.8 Å². The molecule has 0 aliphatic carbocycles. The van der Waals surface area contributed by atoms with Crippen molar-refractivity contribution in [1.29, 1.82) is 0 Å². The van der Waals surface area contributed by atoms with Gasteiger partial charge in [0, 0.05) is 30.8 Å². The van der Waals surface area contributed by atoms with Crippen molar-refractivity contribution in [2.24, 2.45) is 0 Å². The van der Waals surface area contributed by atoms with Gasteiger partial charge in [0.15, 0.2) is 0 Å². The van der Waals surface area contributed by atoms with E-state index in [4.69, 9.17) is 0 Å². The summed E-state index contributed by atoms with van der Waals surface area (Å²) in [5, 5.41) is 10.9. The first kappa shape index (κ1) is 17.9. The third-order valence-corrected chi connectivity index (χ3v) is 5.05. The number of aromatic amines is 1. The predicted octanol–water partition coefficient (Wildman–Crippen LogP) is 1.96. The van der Waals surface area contributed by atoms with E-state index in [1.54, 1.807) is 0 Å². The fourth-order valence-electron chi connectivity index (χ4n) is 3.54. The van der Waals surface area contributed by atoms with Crippen molar-refractivity contribution in [2.45, 2.75) is 18.9 Å². The van der Waals surface area contributed by atoms with Crippen molar-refractivity contribution in [3.8, 4) is 0 Å². The molecule has 28 heavy (non-hydrogen) atoms. The highest BCUT2D eigenvalue weighted by atomic mass is 16.2. The van der Waals surface area contributed by atoms with Gasteiger partial charge in [0.05, 0.1) is 0 Å². The maximum absolute atomic E-state index is 13.0. The lowest BCUT2D eigenvalue weighted by molar-refractivity contribution is 0.0699. The molecule has 7 heteroatoms. The first-order valence-corrected chi connectivity index (χ1v) is 9.25. The molecule has 2 N–H and O–H groups in total. The molecule has 0 spiro atoms. The Morgan fingerprint density at radius 3 is 2.50 bits per heavy atom. The zero-order chi connectivity index (χ0) is 19.5. The maximum atomic E-state index is 13.0. The topological polar surface area (TPSA) is 95.2 Å².